The van der Waals surface area contributed by atoms with Crippen LogP contribution in [-0.4, -0.2) is 17.4 Å². The van der Waals surface area contributed by atoms with Crippen LogP contribution < -0.4 is 10.6 Å². The van der Waals surface area contributed by atoms with Gasteiger partial charge in [0.25, 0.3) is 0 Å². The second kappa shape index (κ2) is 6.03. The van der Waals surface area contributed by atoms with Crippen molar-refractivity contribution in [3.8, 4) is 0 Å². The number of hydrogen-bond donors (Lipinski definition) is 2. The summed E-state index contributed by atoms with van der Waals surface area (Å²) in [5, 5.41) is 5.59. The first kappa shape index (κ1) is 14.5. The molecule has 1 aromatic carbocycles. The van der Waals surface area contributed by atoms with Crippen LogP contribution in [0.25, 0.3) is 0 Å². The van der Waals surface area contributed by atoms with Crippen LogP contribution in [0.15, 0.2) is 24.3 Å². The molecule has 1 atom stereocenters. The second-order valence-corrected chi connectivity index (χ2v) is 5.40. The number of rotatable bonds is 3. The lowest BCUT2D eigenvalue weighted by atomic mass is 9.95. The molecule has 2 N–H and O–H groups in total. The number of carbonyl (C=O) groups is 2. The molecule has 1 aromatic rings. The molecule has 0 aromatic heterocycles. The Balaban J connectivity index is 1.96. The molecule has 0 spiro atoms. The Kier molecular flexibility index (Phi) is 4.37. The minimum atomic E-state index is -0.854. The third kappa shape index (κ3) is 3.56. The van der Waals surface area contributed by atoms with Crippen molar-refractivity contribution in [2.24, 2.45) is 0 Å². The predicted molar refractivity (Wildman–Crippen MR) is 73.3 cm³/mol. The normalized spacial score (nSPS) is 22.8. The summed E-state index contributed by atoms with van der Waals surface area (Å²) in [6.45, 7) is 2.07. The zero-order chi connectivity index (χ0) is 14.6. The van der Waals surface area contributed by atoms with Gasteiger partial charge in [0.05, 0.1) is 0 Å². The summed E-state index contributed by atoms with van der Waals surface area (Å²) in [4.78, 5) is 23.8. The van der Waals surface area contributed by atoms with E-state index >= 15 is 0 Å². The first-order valence-electron chi connectivity index (χ1n) is 6.83. The van der Waals surface area contributed by atoms with Gasteiger partial charge in [-0.25, -0.2) is 4.39 Å². The lowest BCUT2D eigenvalue weighted by molar-refractivity contribution is -0.132. The van der Waals surface area contributed by atoms with E-state index in [-0.39, 0.29) is 17.6 Å². The summed E-state index contributed by atoms with van der Waals surface area (Å²) in [6, 6.07) is 5.97. The summed E-state index contributed by atoms with van der Waals surface area (Å²) in [7, 11) is 0. The molecule has 0 bridgehead atoms. The van der Waals surface area contributed by atoms with Crippen LogP contribution in [0.1, 0.15) is 38.2 Å². The zero-order valence-corrected chi connectivity index (χ0v) is 11.5. The van der Waals surface area contributed by atoms with E-state index in [1.165, 1.54) is 12.1 Å². The molecule has 1 unspecified atom stereocenters. The quantitative estimate of drug-likeness (QED) is 0.887. The third-order valence-corrected chi connectivity index (χ3v) is 3.61. The van der Waals surface area contributed by atoms with Gasteiger partial charge in [-0.05, 0) is 37.5 Å². The topological polar surface area (TPSA) is 58.2 Å². The largest absolute Gasteiger partial charge is 0.350 e. The molecule has 1 saturated heterocycles. The molecule has 5 heteroatoms. The average Bonchev–Trinajstić information content (AvgIpc) is 2.59. The molecule has 1 fully saturated rings. The lowest BCUT2D eigenvalue weighted by Gasteiger charge is -2.27. The molecule has 1 heterocycles. The standard InChI is InChI=1S/C15H19FN2O2/c1-15(9-3-2-4-13(19)18-15)14(20)17-10-11-5-7-12(16)8-6-11/h5-8H,2-4,9-10H2,1H3,(H,17,20)(H,18,19). The summed E-state index contributed by atoms with van der Waals surface area (Å²) >= 11 is 0. The Hall–Kier alpha value is -1.91. The molecule has 2 rings (SSSR count). The maximum atomic E-state index is 12.8. The predicted octanol–water partition coefficient (Wildman–Crippen LogP) is 1.89. The highest BCUT2D eigenvalue weighted by molar-refractivity contribution is 5.91. The molecule has 2 amide bonds. The SMILES string of the molecule is CC1(C(=O)NCc2ccc(F)cc2)CCCCC(=O)N1. The molecule has 4 nitrogen and oxygen atoms in total. The fourth-order valence-electron chi connectivity index (χ4n) is 2.35. The molecule has 1 aliphatic rings. The van der Waals surface area contributed by atoms with Crippen molar-refractivity contribution in [2.45, 2.75) is 44.7 Å². The summed E-state index contributed by atoms with van der Waals surface area (Å²) in [5.74, 6) is -0.581. The third-order valence-electron chi connectivity index (χ3n) is 3.61. The van der Waals surface area contributed by atoms with Crippen LogP contribution >= 0.6 is 0 Å². The van der Waals surface area contributed by atoms with Crippen molar-refractivity contribution in [3.05, 3.63) is 35.6 Å². The fourth-order valence-corrected chi connectivity index (χ4v) is 2.35. The van der Waals surface area contributed by atoms with E-state index in [0.717, 1.165) is 18.4 Å². The first-order chi connectivity index (χ1) is 9.49. The number of carbonyl (C=O) groups excluding carboxylic acids is 2. The number of amides is 2. The summed E-state index contributed by atoms with van der Waals surface area (Å²) in [5.41, 5.74) is -0.0311. The minimum absolute atomic E-state index is 0.0815. The van der Waals surface area contributed by atoms with Crippen LogP contribution in [-0.2, 0) is 16.1 Å². The molecular weight excluding hydrogens is 259 g/mol. The molecule has 108 valence electrons. The maximum absolute atomic E-state index is 12.8. The van der Waals surface area contributed by atoms with Crippen LogP contribution in [0.2, 0.25) is 0 Å². The van der Waals surface area contributed by atoms with Gasteiger partial charge in [0.2, 0.25) is 11.8 Å². The van der Waals surface area contributed by atoms with Gasteiger partial charge in [-0.2, -0.15) is 0 Å². The van der Waals surface area contributed by atoms with Crippen LogP contribution in [0, 0.1) is 5.82 Å². The van der Waals surface area contributed by atoms with Gasteiger partial charge >= 0.3 is 0 Å². The Morgan fingerprint density at radius 3 is 2.75 bits per heavy atom. The molecule has 0 aliphatic carbocycles. The molecule has 0 saturated carbocycles. The number of halogens is 1. The van der Waals surface area contributed by atoms with E-state index in [9.17, 15) is 14.0 Å². The first-order valence-corrected chi connectivity index (χ1v) is 6.83. The number of hydrogen-bond acceptors (Lipinski definition) is 2. The van der Waals surface area contributed by atoms with Gasteiger partial charge in [0.15, 0.2) is 0 Å². The molecule has 20 heavy (non-hydrogen) atoms. The Morgan fingerprint density at radius 1 is 1.35 bits per heavy atom. The maximum Gasteiger partial charge on any atom is 0.245 e. The molecule has 1 aliphatic heterocycles. The van der Waals surface area contributed by atoms with Crippen LogP contribution in [0.3, 0.4) is 0 Å². The summed E-state index contributed by atoms with van der Waals surface area (Å²) in [6.07, 6.45) is 2.76. The molecule has 0 radical (unpaired) electrons. The van der Waals surface area contributed by atoms with Gasteiger partial charge in [-0.1, -0.05) is 18.6 Å². The van der Waals surface area contributed by atoms with Gasteiger partial charge in [0, 0.05) is 13.0 Å². The van der Waals surface area contributed by atoms with E-state index in [1.807, 2.05) is 0 Å². The Morgan fingerprint density at radius 2 is 2.05 bits per heavy atom. The highest BCUT2D eigenvalue weighted by atomic mass is 19.1. The van der Waals surface area contributed by atoms with E-state index in [0.29, 0.717) is 19.4 Å². The van der Waals surface area contributed by atoms with E-state index < -0.39 is 5.54 Å². The zero-order valence-electron chi connectivity index (χ0n) is 11.5. The van der Waals surface area contributed by atoms with Gasteiger partial charge < -0.3 is 10.6 Å². The van der Waals surface area contributed by atoms with Crippen molar-refractivity contribution in [3.63, 3.8) is 0 Å². The van der Waals surface area contributed by atoms with Gasteiger partial charge in [-0.3, -0.25) is 9.59 Å². The highest BCUT2D eigenvalue weighted by Gasteiger charge is 2.35. The highest BCUT2D eigenvalue weighted by Crippen LogP contribution is 2.19. The van der Waals surface area contributed by atoms with Crippen molar-refractivity contribution in [1.82, 2.24) is 10.6 Å². The van der Waals surface area contributed by atoms with Crippen molar-refractivity contribution < 1.29 is 14.0 Å². The van der Waals surface area contributed by atoms with E-state index in [2.05, 4.69) is 10.6 Å². The Bertz CT molecular complexity index is 501. The van der Waals surface area contributed by atoms with Crippen molar-refractivity contribution >= 4 is 11.8 Å². The fraction of sp³-hybridized carbons (Fsp3) is 0.467. The lowest BCUT2D eigenvalue weighted by Crippen LogP contribution is -2.55. The summed E-state index contributed by atoms with van der Waals surface area (Å²) < 4.78 is 12.8. The number of benzene rings is 1. The monoisotopic (exact) mass is 278 g/mol. The minimum Gasteiger partial charge on any atom is -0.350 e. The van der Waals surface area contributed by atoms with E-state index in [4.69, 9.17) is 0 Å². The van der Waals surface area contributed by atoms with Crippen molar-refractivity contribution in [1.29, 1.82) is 0 Å². The van der Waals surface area contributed by atoms with Crippen LogP contribution in [0.5, 0.6) is 0 Å². The smallest absolute Gasteiger partial charge is 0.245 e. The Labute approximate surface area is 117 Å². The number of nitrogens with one attached hydrogen (secondary N) is 2. The van der Waals surface area contributed by atoms with E-state index in [1.54, 1.807) is 19.1 Å². The average molecular weight is 278 g/mol. The van der Waals surface area contributed by atoms with Gasteiger partial charge in [-0.15, -0.1) is 0 Å². The molecular formula is C15H19FN2O2. The van der Waals surface area contributed by atoms with Crippen LogP contribution in [0.4, 0.5) is 4.39 Å². The second-order valence-electron chi connectivity index (χ2n) is 5.40. The van der Waals surface area contributed by atoms with Crippen molar-refractivity contribution in [2.75, 3.05) is 0 Å². The van der Waals surface area contributed by atoms with Gasteiger partial charge in [0.1, 0.15) is 11.4 Å².